The summed E-state index contributed by atoms with van der Waals surface area (Å²) >= 11 is 0. The number of azo groups is 1. The monoisotopic (exact) mass is 315 g/mol. The van der Waals surface area contributed by atoms with Crippen molar-refractivity contribution < 1.29 is 4.74 Å². The smallest absolute Gasteiger partial charge is 0.152 e. The van der Waals surface area contributed by atoms with Crippen LogP contribution in [-0.2, 0) is 6.54 Å². The largest absolute Gasteiger partial charge is 0.494 e. The maximum absolute atomic E-state index is 6.07. The maximum Gasteiger partial charge on any atom is 0.152 e. The molecule has 1 atom stereocenters. The van der Waals surface area contributed by atoms with Gasteiger partial charge in [0, 0.05) is 12.6 Å². The molecular weight excluding hydrogens is 290 g/mol. The summed E-state index contributed by atoms with van der Waals surface area (Å²) in [7, 11) is 0. The van der Waals surface area contributed by atoms with Gasteiger partial charge in [-0.25, -0.2) is 0 Å². The van der Waals surface area contributed by atoms with Gasteiger partial charge in [0.1, 0.15) is 11.6 Å². The molecule has 1 aromatic carbocycles. The number of benzene rings is 1. The quantitative estimate of drug-likeness (QED) is 0.756. The minimum Gasteiger partial charge on any atom is -0.494 e. The molecule has 23 heavy (non-hydrogen) atoms. The molecule has 0 aromatic heterocycles. The van der Waals surface area contributed by atoms with E-state index < -0.39 is 5.66 Å². The maximum atomic E-state index is 6.07. The Morgan fingerprint density at radius 3 is 2.83 bits per heavy atom. The third kappa shape index (κ3) is 4.53. The van der Waals surface area contributed by atoms with Gasteiger partial charge in [-0.2, -0.15) is 5.11 Å². The summed E-state index contributed by atoms with van der Waals surface area (Å²) in [5.41, 5.74) is 12.2. The Labute approximate surface area is 137 Å². The molecule has 1 fully saturated rings. The van der Waals surface area contributed by atoms with Crippen molar-refractivity contribution in [1.29, 1.82) is 0 Å². The SMILES string of the molecule is NC1=CC(N)(CCCOc2cccc(CN3CCCC3)c2)N=N1. The predicted octanol–water partition coefficient (Wildman–Crippen LogP) is 2.36. The van der Waals surface area contributed by atoms with E-state index in [1.54, 1.807) is 6.08 Å². The zero-order valence-electron chi connectivity index (χ0n) is 13.4. The highest BCUT2D eigenvalue weighted by atomic mass is 16.5. The van der Waals surface area contributed by atoms with Gasteiger partial charge in [-0.05, 0) is 56.5 Å². The second-order valence-corrected chi connectivity index (χ2v) is 6.34. The Bertz CT molecular complexity index is 594. The molecule has 0 saturated carbocycles. The number of rotatable bonds is 7. The highest BCUT2D eigenvalue weighted by molar-refractivity contribution is 5.28. The average molecular weight is 315 g/mol. The fourth-order valence-electron chi connectivity index (χ4n) is 3.06. The summed E-state index contributed by atoms with van der Waals surface area (Å²) in [6.45, 7) is 4.02. The van der Waals surface area contributed by atoms with Crippen LogP contribution in [0.2, 0.25) is 0 Å². The number of hydrogen-bond acceptors (Lipinski definition) is 6. The van der Waals surface area contributed by atoms with Crippen molar-refractivity contribution in [3.05, 3.63) is 41.7 Å². The lowest BCUT2D eigenvalue weighted by Crippen LogP contribution is -2.34. The average Bonchev–Trinajstić information content (AvgIpc) is 3.15. The van der Waals surface area contributed by atoms with E-state index in [1.807, 2.05) is 6.07 Å². The number of ether oxygens (including phenoxy) is 1. The summed E-state index contributed by atoms with van der Waals surface area (Å²) in [6.07, 6.45) is 5.80. The second-order valence-electron chi connectivity index (χ2n) is 6.34. The van der Waals surface area contributed by atoms with Crippen LogP contribution in [0.4, 0.5) is 0 Å². The van der Waals surface area contributed by atoms with Gasteiger partial charge in [0.15, 0.2) is 5.66 Å². The van der Waals surface area contributed by atoms with Gasteiger partial charge in [-0.1, -0.05) is 12.1 Å². The Morgan fingerprint density at radius 1 is 1.26 bits per heavy atom. The van der Waals surface area contributed by atoms with Crippen LogP contribution in [0, 0.1) is 0 Å². The van der Waals surface area contributed by atoms with Crippen molar-refractivity contribution in [2.75, 3.05) is 19.7 Å². The van der Waals surface area contributed by atoms with E-state index in [9.17, 15) is 0 Å². The zero-order chi connectivity index (χ0) is 16.1. The van der Waals surface area contributed by atoms with E-state index >= 15 is 0 Å². The molecule has 1 unspecified atom stereocenters. The number of hydrogen-bond donors (Lipinski definition) is 2. The topological polar surface area (TPSA) is 89.2 Å². The third-order valence-electron chi connectivity index (χ3n) is 4.24. The molecule has 4 N–H and O–H groups in total. The van der Waals surface area contributed by atoms with Crippen LogP contribution >= 0.6 is 0 Å². The summed E-state index contributed by atoms with van der Waals surface area (Å²) in [5.74, 6) is 1.30. The first-order chi connectivity index (χ1) is 11.1. The Morgan fingerprint density at radius 2 is 2.09 bits per heavy atom. The first kappa shape index (κ1) is 16.0. The molecule has 6 heteroatoms. The first-order valence-electron chi connectivity index (χ1n) is 8.27. The zero-order valence-corrected chi connectivity index (χ0v) is 13.4. The number of likely N-dealkylation sites (tertiary alicyclic amines) is 1. The molecule has 0 radical (unpaired) electrons. The van der Waals surface area contributed by atoms with Gasteiger partial charge in [-0.3, -0.25) is 4.90 Å². The minimum atomic E-state index is -0.759. The summed E-state index contributed by atoms with van der Waals surface area (Å²) in [4.78, 5) is 2.49. The molecule has 2 aliphatic rings. The number of nitrogens with two attached hydrogens (primary N) is 2. The van der Waals surface area contributed by atoms with Crippen LogP contribution in [0.15, 0.2) is 46.4 Å². The van der Waals surface area contributed by atoms with Gasteiger partial charge in [0.2, 0.25) is 0 Å². The fourth-order valence-corrected chi connectivity index (χ4v) is 3.06. The Balaban J connectivity index is 1.44. The summed E-state index contributed by atoms with van der Waals surface area (Å²) in [5, 5.41) is 7.77. The molecule has 2 heterocycles. The molecule has 1 saturated heterocycles. The molecule has 0 amide bonds. The van der Waals surface area contributed by atoms with E-state index in [0.29, 0.717) is 18.8 Å². The van der Waals surface area contributed by atoms with Gasteiger partial charge in [0.25, 0.3) is 0 Å². The summed E-state index contributed by atoms with van der Waals surface area (Å²) < 4.78 is 5.84. The van der Waals surface area contributed by atoms with E-state index in [1.165, 1.54) is 31.5 Å². The van der Waals surface area contributed by atoms with Crippen molar-refractivity contribution in [2.24, 2.45) is 21.7 Å². The standard InChI is InChI=1S/C17H25N5O/c18-16-12-17(19,21-20-16)7-4-10-23-15-6-3-5-14(11-15)13-22-8-1-2-9-22/h3,5-6,11-12H,1-2,4,7-10,13,18-19H2. The molecule has 0 spiro atoms. The molecule has 0 aliphatic carbocycles. The van der Waals surface area contributed by atoms with Crippen LogP contribution in [0.3, 0.4) is 0 Å². The third-order valence-corrected chi connectivity index (χ3v) is 4.24. The Hall–Kier alpha value is -1.92. The van der Waals surface area contributed by atoms with Crippen LogP contribution < -0.4 is 16.2 Å². The molecule has 0 bridgehead atoms. The first-order valence-corrected chi connectivity index (χ1v) is 8.27. The molecule has 6 nitrogen and oxygen atoms in total. The van der Waals surface area contributed by atoms with Crippen molar-refractivity contribution in [1.82, 2.24) is 4.90 Å². The number of nitrogens with zero attached hydrogens (tertiary/aromatic N) is 3. The second kappa shape index (κ2) is 7.10. The molecular formula is C17H25N5O. The van der Waals surface area contributed by atoms with Crippen LogP contribution in [-0.4, -0.2) is 30.3 Å². The van der Waals surface area contributed by atoms with Crippen LogP contribution in [0.5, 0.6) is 5.75 Å². The molecule has 1 aromatic rings. The van der Waals surface area contributed by atoms with Crippen LogP contribution in [0.1, 0.15) is 31.2 Å². The van der Waals surface area contributed by atoms with E-state index in [4.69, 9.17) is 16.2 Å². The summed E-state index contributed by atoms with van der Waals surface area (Å²) in [6, 6.07) is 8.34. The van der Waals surface area contributed by atoms with Crippen molar-refractivity contribution >= 4 is 0 Å². The van der Waals surface area contributed by atoms with E-state index in [0.717, 1.165) is 18.7 Å². The molecule has 2 aliphatic heterocycles. The van der Waals surface area contributed by atoms with Crippen molar-refractivity contribution in [2.45, 2.75) is 37.9 Å². The lowest BCUT2D eigenvalue weighted by Gasteiger charge is -2.17. The molecule has 124 valence electrons. The predicted molar refractivity (Wildman–Crippen MR) is 89.7 cm³/mol. The van der Waals surface area contributed by atoms with Gasteiger partial charge >= 0.3 is 0 Å². The van der Waals surface area contributed by atoms with Crippen LogP contribution in [0.25, 0.3) is 0 Å². The van der Waals surface area contributed by atoms with Crippen molar-refractivity contribution in [3.8, 4) is 5.75 Å². The van der Waals surface area contributed by atoms with Crippen molar-refractivity contribution in [3.63, 3.8) is 0 Å². The van der Waals surface area contributed by atoms with Gasteiger partial charge in [-0.15, -0.1) is 5.11 Å². The van der Waals surface area contributed by atoms with E-state index in [-0.39, 0.29) is 0 Å². The van der Waals surface area contributed by atoms with Gasteiger partial charge in [0.05, 0.1) is 6.61 Å². The lowest BCUT2D eigenvalue weighted by atomic mass is 10.1. The molecule has 3 rings (SSSR count). The van der Waals surface area contributed by atoms with Gasteiger partial charge < -0.3 is 16.2 Å². The highest BCUT2D eigenvalue weighted by Crippen LogP contribution is 2.22. The fraction of sp³-hybridized carbons (Fsp3) is 0.529. The Kier molecular flexibility index (Phi) is 4.93. The highest BCUT2D eigenvalue weighted by Gasteiger charge is 2.25. The van der Waals surface area contributed by atoms with E-state index in [2.05, 4.69) is 33.3 Å². The lowest BCUT2D eigenvalue weighted by molar-refractivity contribution is 0.291. The normalized spacial score (nSPS) is 24.1. The minimum absolute atomic E-state index is 0.392.